The van der Waals surface area contributed by atoms with Crippen molar-refractivity contribution in [3.63, 3.8) is 0 Å². The average Bonchev–Trinajstić information content (AvgIpc) is 3.02. The molecule has 25 heavy (non-hydrogen) atoms. The number of carbonyl (C=O) groups excluding carboxylic acids is 2. The molecule has 0 spiro atoms. The summed E-state index contributed by atoms with van der Waals surface area (Å²) in [5.74, 6) is -0.431. The van der Waals surface area contributed by atoms with E-state index in [2.05, 4.69) is 20.8 Å². The second kappa shape index (κ2) is 9.28. The predicted octanol–water partition coefficient (Wildman–Crippen LogP) is 3.48. The Labute approximate surface area is 154 Å². The van der Waals surface area contributed by atoms with Crippen molar-refractivity contribution in [1.82, 2.24) is 15.5 Å². The number of hydrogen-bond acceptors (Lipinski definition) is 6. The van der Waals surface area contributed by atoms with Gasteiger partial charge in [0.2, 0.25) is 11.0 Å². The fraction of sp³-hybridized carbons (Fsp3) is 0.375. The Hall–Kier alpha value is -2.26. The van der Waals surface area contributed by atoms with Gasteiger partial charge in [-0.2, -0.15) is 0 Å². The third-order valence-corrected chi connectivity index (χ3v) is 4.65. The zero-order valence-corrected chi connectivity index (χ0v) is 15.6. The molecule has 0 aliphatic rings. The number of hydrogen-bond donors (Lipinski definition) is 3. The van der Waals surface area contributed by atoms with Crippen LogP contribution in [0.2, 0.25) is 0 Å². The van der Waals surface area contributed by atoms with Gasteiger partial charge >= 0.3 is 6.09 Å². The number of nitrogens with zero attached hydrogens (tertiary/aromatic N) is 1. The molecule has 2 amide bonds. The van der Waals surface area contributed by atoms with Crippen LogP contribution in [0.3, 0.4) is 0 Å². The number of rotatable bonds is 7. The average molecular weight is 380 g/mol. The zero-order chi connectivity index (χ0) is 18.2. The molecule has 0 aliphatic heterocycles. The number of carbonyl (C=O) groups is 2. The zero-order valence-electron chi connectivity index (χ0n) is 13.9. The summed E-state index contributed by atoms with van der Waals surface area (Å²) in [6.45, 7) is 3.97. The first-order valence-corrected chi connectivity index (χ1v) is 9.05. The van der Waals surface area contributed by atoms with Crippen molar-refractivity contribution in [2.45, 2.75) is 32.9 Å². The van der Waals surface area contributed by atoms with Crippen LogP contribution in [0.1, 0.15) is 25.8 Å². The molecule has 134 valence electrons. The lowest BCUT2D eigenvalue weighted by atomic mass is 9.98. The lowest BCUT2D eigenvalue weighted by Crippen LogP contribution is -2.47. The molecular formula is C16H20N4O3S2. The summed E-state index contributed by atoms with van der Waals surface area (Å²) in [6, 6.07) is 8.60. The summed E-state index contributed by atoms with van der Waals surface area (Å²) in [5.41, 5.74) is 0.874. The maximum absolute atomic E-state index is 12.5. The number of aromatic nitrogens is 2. The molecule has 0 bridgehead atoms. The van der Waals surface area contributed by atoms with Crippen LogP contribution < -0.4 is 10.6 Å². The molecule has 0 aliphatic carbocycles. The van der Waals surface area contributed by atoms with Crippen LogP contribution in [0.4, 0.5) is 9.93 Å². The molecule has 0 saturated carbocycles. The number of alkyl carbamates (subject to hydrolysis) is 1. The van der Waals surface area contributed by atoms with Crippen molar-refractivity contribution in [3.05, 3.63) is 39.8 Å². The first-order chi connectivity index (χ1) is 12.0. The van der Waals surface area contributed by atoms with E-state index in [0.29, 0.717) is 15.5 Å². The maximum atomic E-state index is 12.5. The van der Waals surface area contributed by atoms with Crippen LogP contribution in [0.5, 0.6) is 0 Å². The van der Waals surface area contributed by atoms with Gasteiger partial charge in [0.05, 0.1) is 0 Å². The van der Waals surface area contributed by atoms with Gasteiger partial charge in [-0.25, -0.2) is 4.79 Å². The van der Waals surface area contributed by atoms with Gasteiger partial charge in [0.15, 0.2) is 3.95 Å². The van der Waals surface area contributed by atoms with Gasteiger partial charge in [-0.05, 0) is 23.7 Å². The van der Waals surface area contributed by atoms with Crippen molar-refractivity contribution in [2.24, 2.45) is 5.92 Å². The molecule has 0 radical (unpaired) electrons. The molecule has 2 aromatic rings. The quantitative estimate of drug-likeness (QED) is 0.639. The summed E-state index contributed by atoms with van der Waals surface area (Å²) in [4.78, 5) is 24.5. The summed E-state index contributed by atoms with van der Waals surface area (Å²) in [5, 5.41) is 12.1. The monoisotopic (exact) mass is 380 g/mol. The van der Waals surface area contributed by atoms with Gasteiger partial charge in [0.25, 0.3) is 0 Å². The fourth-order valence-corrected chi connectivity index (χ4v) is 2.85. The SMILES string of the molecule is CCC(C)C(NC(=O)OCc1ccccc1)C(=O)Nc1n[nH]c(=S)s1. The van der Waals surface area contributed by atoms with Crippen LogP contribution >= 0.6 is 23.6 Å². The van der Waals surface area contributed by atoms with E-state index in [0.717, 1.165) is 16.9 Å². The normalized spacial score (nSPS) is 12.9. The Balaban J connectivity index is 1.95. The van der Waals surface area contributed by atoms with Gasteiger partial charge < -0.3 is 10.1 Å². The van der Waals surface area contributed by atoms with Gasteiger partial charge in [-0.15, -0.1) is 5.10 Å². The van der Waals surface area contributed by atoms with Gasteiger partial charge in [0, 0.05) is 0 Å². The highest BCUT2D eigenvalue weighted by molar-refractivity contribution is 7.73. The Bertz CT molecular complexity index is 760. The minimum Gasteiger partial charge on any atom is -0.445 e. The second-order valence-corrected chi connectivity index (χ2v) is 7.14. The van der Waals surface area contributed by atoms with Crippen LogP contribution in [0, 0.1) is 9.87 Å². The van der Waals surface area contributed by atoms with Crippen molar-refractivity contribution in [1.29, 1.82) is 0 Å². The van der Waals surface area contributed by atoms with Gasteiger partial charge in [0.1, 0.15) is 12.6 Å². The summed E-state index contributed by atoms with van der Waals surface area (Å²) in [6.07, 6.45) is 0.0758. The third kappa shape index (κ3) is 5.95. The van der Waals surface area contributed by atoms with Crippen LogP contribution in [-0.4, -0.2) is 28.2 Å². The number of ether oxygens (including phenoxy) is 1. The summed E-state index contributed by atoms with van der Waals surface area (Å²) >= 11 is 6.09. The number of H-pyrrole nitrogens is 1. The molecule has 9 heteroatoms. The van der Waals surface area contributed by atoms with Crippen molar-refractivity contribution < 1.29 is 14.3 Å². The maximum Gasteiger partial charge on any atom is 0.408 e. The molecule has 0 fully saturated rings. The first kappa shape index (κ1) is 19.1. The number of benzene rings is 1. The molecule has 0 saturated heterocycles. The highest BCUT2D eigenvalue weighted by atomic mass is 32.1. The first-order valence-electron chi connectivity index (χ1n) is 7.83. The van der Waals surface area contributed by atoms with E-state index in [4.69, 9.17) is 17.0 Å². The van der Waals surface area contributed by atoms with E-state index >= 15 is 0 Å². The molecule has 1 aromatic heterocycles. The Morgan fingerprint density at radius 3 is 2.68 bits per heavy atom. The number of anilines is 1. The van der Waals surface area contributed by atoms with Crippen molar-refractivity contribution >= 4 is 40.7 Å². The lowest BCUT2D eigenvalue weighted by molar-refractivity contribution is -0.119. The van der Waals surface area contributed by atoms with E-state index < -0.39 is 12.1 Å². The van der Waals surface area contributed by atoms with E-state index in [1.54, 1.807) is 0 Å². The molecule has 1 aromatic carbocycles. The second-order valence-electron chi connectivity index (χ2n) is 5.48. The van der Waals surface area contributed by atoms with E-state index in [-0.39, 0.29) is 18.4 Å². The smallest absolute Gasteiger partial charge is 0.408 e. The molecule has 7 nitrogen and oxygen atoms in total. The van der Waals surface area contributed by atoms with E-state index in [1.165, 1.54) is 0 Å². The minimum atomic E-state index is -0.731. The summed E-state index contributed by atoms with van der Waals surface area (Å²) < 4.78 is 5.66. The lowest BCUT2D eigenvalue weighted by Gasteiger charge is -2.22. The number of nitrogens with one attached hydrogen (secondary N) is 3. The van der Waals surface area contributed by atoms with Crippen LogP contribution in [0.25, 0.3) is 0 Å². The van der Waals surface area contributed by atoms with Crippen LogP contribution in [0.15, 0.2) is 30.3 Å². The third-order valence-electron chi connectivity index (χ3n) is 3.65. The van der Waals surface area contributed by atoms with Crippen molar-refractivity contribution in [2.75, 3.05) is 5.32 Å². The molecule has 2 unspecified atom stereocenters. The summed E-state index contributed by atoms with van der Waals surface area (Å²) in [7, 11) is 0. The Morgan fingerprint density at radius 1 is 1.36 bits per heavy atom. The topological polar surface area (TPSA) is 96.1 Å². The molecule has 3 N–H and O–H groups in total. The van der Waals surface area contributed by atoms with E-state index in [1.807, 2.05) is 44.2 Å². The van der Waals surface area contributed by atoms with E-state index in [9.17, 15) is 9.59 Å². The predicted molar refractivity (Wildman–Crippen MR) is 98.9 cm³/mol. The molecular weight excluding hydrogens is 360 g/mol. The Morgan fingerprint density at radius 2 is 2.08 bits per heavy atom. The van der Waals surface area contributed by atoms with Gasteiger partial charge in [-0.1, -0.05) is 61.9 Å². The number of aromatic amines is 1. The molecule has 2 rings (SSSR count). The standard InChI is InChI=1S/C16H20N4O3S2/c1-3-10(2)12(13(21)18-14-19-20-16(24)25-14)17-15(22)23-9-11-7-5-4-6-8-11/h4-8,10,12H,3,9H2,1-2H3,(H,17,22)(H,20,24)(H,18,19,21). The van der Waals surface area contributed by atoms with Gasteiger partial charge in [-0.3, -0.25) is 15.2 Å². The highest BCUT2D eigenvalue weighted by Crippen LogP contribution is 2.15. The van der Waals surface area contributed by atoms with Crippen molar-refractivity contribution in [3.8, 4) is 0 Å². The highest BCUT2D eigenvalue weighted by Gasteiger charge is 2.27. The largest absolute Gasteiger partial charge is 0.445 e. The Kier molecular flexibility index (Phi) is 7.08. The molecule has 2 atom stereocenters. The number of amides is 2. The fourth-order valence-electron chi connectivity index (χ4n) is 2.06. The minimum absolute atomic E-state index is 0.0730. The molecule has 1 heterocycles. The van der Waals surface area contributed by atoms with Crippen LogP contribution in [-0.2, 0) is 16.1 Å².